The van der Waals surface area contributed by atoms with E-state index >= 15 is 0 Å². The molecule has 2 aromatic carbocycles. The fourth-order valence-corrected chi connectivity index (χ4v) is 2.04. The standard InChI is InChI=1S/C16H20N2O/c1-18(14-7-9-15(19)10-8-14)12-11-16(17)13-5-3-2-4-6-13/h2-10,16,19H,11-12,17H2,1H3. The van der Waals surface area contributed by atoms with Crippen molar-refractivity contribution < 1.29 is 5.11 Å². The van der Waals surface area contributed by atoms with E-state index in [1.165, 1.54) is 5.56 Å². The number of anilines is 1. The number of benzene rings is 2. The lowest BCUT2D eigenvalue weighted by atomic mass is 10.0. The molecule has 0 fully saturated rings. The molecule has 0 radical (unpaired) electrons. The number of hydrogen-bond acceptors (Lipinski definition) is 3. The molecule has 1 unspecified atom stereocenters. The normalized spacial score (nSPS) is 12.1. The maximum Gasteiger partial charge on any atom is 0.115 e. The second-order valence-corrected chi connectivity index (χ2v) is 4.74. The van der Waals surface area contributed by atoms with Crippen molar-refractivity contribution in [2.75, 3.05) is 18.5 Å². The second kappa shape index (κ2) is 6.25. The number of phenols is 1. The minimum atomic E-state index is 0.0563. The van der Waals surface area contributed by atoms with Gasteiger partial charge in [0.05, 0.1) is 0 Å². The highest BCUT2D eigenvalue weighted by Gasteiger charge is 2.07. The molecule has 3 N–H and O–H groups in total. The number of nitrogens with two attached hydrogens (primary N) is 1. The number of hydrogen-bond donors (Lipinski definition) is 2. The Labute approximate surface area is 114 Å². The van der Waals surface area contributed by atoms with Crippen LogP contribution < -0.4 is 10.6 Å². The second-order valence-electron chi connectivity index (χ2n) is 4.74. The van der Waals surface area contributed by atoms with Gasteiger partial charge in [0.2, 0.25) is 0 Å². The summed E-state index contributed by atoms with van der Waals surface area (Å²) >= 11 is 0. The van der Waals surface area contributed by atoms with Crippen LogP contribution in [-0.4, -0.2) is 18.7 Å². The van der Waals surface area contributed by atoms with E-state index in [1.807, 2.05) is 37.4 Å². The molecular formula is C16H20N2O. The van der Waals surface area contributed by atoms with Crippen LogP contribution >= 0.6 is 0 Å². The molecule has 0 heterocycles. The van der Waals surface area contributed by atoms with Gasteiger partial charge >= 0.3 is 0 Å². The average molecular weight is 256 g/mol. The van der Waals surface area contributed by atoms with Crippen molar-refractivity contribution in [2.45, 2.75) is 12.5 Å². The van der Waals surface area contributed by atoms with Gasteiger partial charge in [0, 0.05) is 25.3 Å². The van der Waals surface area contributed by atoms with Crippen molar-refractivity contribution in [3.63, 3.8) is 0 Å². The van der Waals surface area contributed by atoms with E-state index < -0.39 is 0 Å². The fourth-order valence-electron chi connectivity index (χ4n) is 2.04. The molecule has 0 aliphatic rings. The minimum Gasteiger partial charge on any atom is -0.508 e. The minimum absolute atomic E-state index is 0.0563. The highest BCUT2D eigenvalue weighted by atomic mass is 16.3. The maximum absolute atomic E-state index is 9.27. The summed E-state index contributed by atoms with van der Waals surface area (Å²) in [6, 6.07) is 17.4. The largest absolute Gasteiger partial charge is 0.508 e. The Balaban J connectivity index is 1.90. The van der Waals surface area contributed by atoms with E-state index in [0.29, 0.717) is 0 Å². The van der Waals surface area contributed by atoms with Gasteiger partial charge in [-0.05, 0) is 36.2 Å². The highest BCUT2D eigenvalue weighted by molar-refractivity contribution is 5.48. The van der Waals surface area contributed by atoms with Crippen LogP contribution in [0.1, 0.15) is 18.0 Å². The maximum atomic E-state index is 9.27. The van der Waals surface area contributed by atoms with Crippen LogP contribution in [0.15, 0.2) is 54.6 Å². The fraction of sp³-hybridized carbons (Fsp3) is 0.250. The molecule has 0 bridgehead atoms. The van der Waals surface area contributed by atoms with E-state index in [4.69, 9.17) is 5.73 Å². The predicted molar refractivity (Wildman–Crippen MR) is 79.4 cm³/mol. The zero-order valence-corrected chi connectivity index (χ0v) is 11.2. The van der Waals surface area contributed by atoms with Crippen molar-refractivity contribution in [3.05, 3.63) is 60.2 Å². The first-order valence-electron chi connectivity index (χ1n) is 6.47. The van der Waals surface area contributed by atoms with Gasteiger partial charge in [-0.25, -0.2) is 0 Å². The van der Waals surface area contributed by atoms with Crippen LogP contribution in [0.25, 0.3) is 0 Å². The van der Waals surface area contributed by atoms with Gasteiger partial charge < -0.3 is 15.7 Å². The monoisotopic (exact) mass is 256 g/mol. The molecule has 0 aromatic heterocycles. The number of rotatable bonds is 5. The lowest BCUT2D eigenvalue weighted by Crippen LogP contribution is -2.23. The first-order chi connectivity index (χ1) is 9.16. The van der Waals surface area contributed by atoms with E-state index in [1.54, 1.807) is 12.1 Å². The first-order valence-corrected chi connectivity index (χ1v) is 6.47. The Bertz CT molecular complexity index is 496. The summed E-state index contributed by atoms with van der Waals surface area (Å²) in [6.45, 7) is 0.876. The Hall–Kier alpha value is -2.00. The number of nitrogens with zero attached hydrogens (tertiary/aromatic N) is 1. The molecule has 0 spiro atoms. The summed E-state index contributed by atoms with van der Waals surface area (Å²) < 4.78 is 0. The van der Waals surface area contributed by atoms with Crippen molar-refractivity contribution in [3.8, 4) is 5.75 Å². The molecule has 2 aromatic rings. The van der Waals surface area contributed by atoms with Crippen LogP contribution in [-0.2, 0) is 0 Å². The molecule has 0 amide bonds. The lowest BCUT2D eigenvalue weighted by Gasteiger charge is -2.21. The predicted octanol–water partition coefficient (Wildman–Crippen LogP) is 2.92. The van der Waals surface area contributed by atoms with Crippen molar-refractivity contribution in [1.82, 2.24) is 0 Å². The third kappa shape index (κ3) is 3.73. The lowest BCUT2D eigenvalue weighted by molar-refractivity contribution is 0.475. The topological polar surface area (TPSA) is 49.5 Å². The van der Waals surface area contributed by atoms with Crippen LogP contribution in [0.4, 0.5) is 5.69 Å². The SMILES string of the molecule is CN(CCC(N)c1ccccc1)c1ccc(O)cc1. The van der Waals surface area contributed by atoms with Gasteiger partial charge in [-0.15, -0.1) is 0 Å². The summed E-state index contributed by atoms with van der Waals surface area (Å²) in [5, 5.41) is 9.27. The molecule has 3 nitrogen and oxygen atoms in total. The van der Waals surface area contributed by atoms with E-state index in [-0.39, 0.29) is 11.8 Å². The van der Waals surface area contributed by atoms with Gasteiger partial charge in [0.15, 0.2) is 0 Å². The summed E-state index contributed by atoms with van der Waals surface area (Å²) in [6.07, 6.45) is 0.890. The third-order valence-electron chi connectivity index (χ3n) is 3.29. The van der Waals surface area contributed by atoms with Crippen molar-refractivity contribution >= 4 is 5.69 Å². The van der Waals surface area contributed by atoms with Gasteiger partial charge in [-0.3, -0.25) is 0 Å². The number of aromatic hydroxyl groups is 1. The Kier molecular flexibility index (Phi) is 4.42. The molecule has 0 aliphatic heterocycles. The highest BCUT2D eigenvalue weighted by Crippen LogP contribution is 2.19. The smallest absolute Gasteiger partial charge is 0.115 e. The van der Waals surface area contributed by atoms with Crippen LogP contribution in [0.5, 0.6) is 5.75 Å². The molecule has 2 rings (SSSR count). The van der Waals surface area contributed by atoms with E-state index in [0.717, 1.165) is 18.7 Å². The van der Waals surface area contributed by atoms with E-state index in [2.05, 4.69) is 17.0 Å². The van der Waals surface area contributed by atoms with Crippen LogP contribution in [0, 0.1) is 0 Å². The molecule has 0 aliphatic carbocycles. The van der Waals surface area contributed by atoms with Crippen molar-refractivity contribution in [1.29, 1.82) is 0 Å². The molecular weight excluding hydrogens is 236 g/mol. The van der Waals surface area contributed by atoms with Gasteiger partial charge in [-0.2, -0.15) is 0 Å². The van der Waals surface area contributed by atoms with Crippen LogP contribution in [0.3, 0.4) is 0 Å². The Morgan fingerprint density at radius 3 is 2.32 bits per heavy atom. The van der Waals surface area contributed by atoms with E-state index in [9.17, 15) is 5.11 Å². The molecule has 1 atom stereocenters. The molecule has 0 saturated heterocycles. The third-order valence-corrected chi connectivity index (χ3v) is 3.29. The van der Waals surface area contributed by atoms with Gasteiger partial charge in [0.1, 0.15) is 5.75 Å². The zero-order valence-electron chi connectivity index (χ0n) is 11.2. The summed E-state index contributed by atoms with van der Waals surface area (Å²) in [5.41, 5.74) is 8.43. The van der Waals surface area contributed by atoms with Gasteiger partial charge in [-0.1, -0.05) is 30.3 Å². The molecule has 19 heavy (non-hydrogen) atoms. The first kappa shape index (κ1) is 13.4. The number of phenolic OH excluding ortho intramolecular Hbond substituents is 1. The molecule has 3 heteroatoms. The Morgan fingerprint density at radius 2 is 1.68 bits per heavy atom. The van der Waals surface area contributed by atoms with Crippen molar-refractivity contribution in [2.24, 2.45) is 5.73 Å². The summed E-state index contributed by atoms with van der Waals surface area (Å²) in [4.78, 5) is 2.14. The molecule has 0 saturated carbocycles. The average Bonchev–Trinajstić information content (AvgIpc) is 2.46. The van der Waals surface area contributed by atoms with Gasteiger partial charge in [0.25, 0.3) is 0 Å². The Morgan fingerprint density at radius 1 is 1.05 bits per heavy atom. The zero-order chi connectivity index (χ0) is 13.7. The quantitative estimate of drug-likeness (QED) is 0.864. The summed E-state index contributed by atoms with van der Waals surface area (Å²) in [5.74, 6) is 0.290. The molecule has 100 valence electrons. The van der Waals surface area contributed by atoms with Crippen LogP contribution in [0.2, 0.25) is 0 Å². The summed E-state index contributed by atoms with van der Waals surface area (Å²) in [7, 11) is 2.03.